The van der Waals surface area contributed by atoms with Gasteiger partial charge in [0.2, 0.25) is 11.1 Å². The molecule has 0 saturated heterocycles. The summed E-state index contributed by atoms with van der Waals surface area (Å²) in [6, 6.07) is 13.9. The van der Waals surface area contributed by atoms with Gasteiger partial charge >= 0.3 is 0 Å². The number of carbonyl (C=O) groups is 1. The Morgan fingerprint density at radius 3 is 2.88 bits per heavy atom. The van der Waals surface area contributed by atoms with Crippen molar-refractivity contribution in [2.24, 2.45) is 0 Å². The van der Waals surface area contributed by atoms with Crippen molar-refractivity contribution in [1.82, 2.24) is 25.5 Å². The van der Waals surface area contributed by atoms with Crippen LogP contribution in [0.1, 0.15) is 23.4 Å². The molecule has 0 aliphatic heterocycles. The third kappa shape index (κ3) is 4.42. The van der Waals surface area contributed by atoms with Crippen LogP contribution in [0, 0.1) is 0 Å². The molecule has 3 aromatic rings. The molecule has 0 aliphatic carbocycles. The Bertz CT molecular complexity index is 773. The number of tetrazole rings is 1. The van der Waals surface area contributed by atoms with Crippen molar-refractivity contribution in [2.75, 3.05) is 5.75 Å². The van der Waals surface area contributed by atoms with Crippen LogP contribution in [0.25, 0.3) is 0 Å². The fraction of sp³-hybridized carbons (Fsp3) is 0.250. The third-order valence-electron chi connectivity index (χ3n) is 3.39. The standard InChI is InChI=1S/C16H17N5OS2/c1-12(13-6-3-2-4-7-13)17-15(22)11-24-16-18-19-20-21(16)10-14-8-5-9-23-14/h2-9,12H,10-11H2,1H3,(H,17,22). The van der Waals surface area contributed by atoms with Gasteiger partial charge in [-0.3, -0.25) is 4.79 Å². The summed E-state index contributed by atoms with van der Waals surface area (Å²) < 4.78 is 1.71. The fourth-order valence-electron chi connectivity index (χ4n) is 2.19. The minimum atomic E-state index is -0.0398. The van der Waals surface area contributed by atoms with E-state index in [1.165, 1.54) is 16.6 Å². The highest BCUT2D eigenvalue weighted by Crippen LogP contribution is 2.18. The van der Waals surface area contributed by atoms with Crippen LogP contribution in [-0.4, -0.2) is 31.9 Å². The summed E-state index contributed by atoms with van der Waals surface area (Å²) in [6.07, 6.45) is 0. The summed E-state index contributed by atoms with van der Waals surface area (Å²) in [4.78, 5) is 13.3. The van der Waals surface area contributed by atoms with Crippen LogP contribution in [0.15, 0.2) is 53.0 Å². The SMILES string of the molecule is CC(NC(=O)CSc1nnnn1Cc1cccs1)c1ccccc1. The van der Waals surface area contributed by atoms with Gasteiger partial charge in [0, 0.05) is 4.88 Å². The first-order valence-corrected chi connectivity index (χ1v) is 9.34. The average molecular weight is 359 g/mol. The fourth-order valence-corrected chi connectivity index (χ4v) is 3.56. The van der Waals surface area contributed by atoms with Crippen LogP contribution in [0.4, 0.5) is 0 Å². The Kier molecular flexibility index (Phi) is 5.60. The third-order valence-corrected chi connectivity index (χ3v) is 5.21. The normalized spacial score (nSPS) is 12.0. The van der Waals surface area contributed by atoms with E-state index >= 15 is 0 Å². The van der Waals surface area contributed by atoms with E-state index in [0.717, 1.165) is 5.56 Å². The van der Waals surface area contributed by atoms with Crippen LogP contribution in [0.5, 0.6) is 0 Å². The topological polar surface area (TPSA) is 72.7 Å². The molecule has 6 nitrogen and oxygen atoms in total. The molecule has 1 N–H and O–H groups in total. The Labute approximate surface area is 148 Å². The molecule has 0 saturated carbocycles. The van der Waals surface area contributed by atoms with Gasteiger partial charge in [-0.05, 0) is 34.4 Å². The first kappa shape index (κ1) is 16.7. The maximum Gasteiger partial charge on any atom is 0.230 e. The summed E-state index contributed by atoms with van der Waals surface area (Å²) in [6.45, 7) is 2.59. The first-order chi connectivity index (χ1) is 11.7. The van der Waals surface area contributed by atoms with Crippen molar-refractivity contribution in [1.29, 1.82) is 0 Å². The highest BCUT2D eigenvalue weighted by atomic mass is 32.2. The van der Waals surface area contributed by atoms with E-state index in [-0.39, 0.29) is 17.7 Å². The van der Waals surface area contributed by atoms with Crippen molar-refractivity contribution in [2.45, 2.75) is 24.7 Å². The highest BCUT2D eigenvalue weighted by molar-refractivity contribution is 7.99. The zero-order valence-electron chi connectivity index (χ0n) is 13.1. The number of hydrogen-bond donors (Lipinski definition) is 1. The molecule has 1 unspecified atom stereocenters. The molecule has 0 radical (unpaired) electrons. The molecular formula is C16H17N5OS2. The van der Waals surface area contributed by atoms with E-state index in [1.807, 2.05) is 54.8 Å². The number of nitrogens with zero attached hydrogens (tertiary/aromatic N) is 4. The van der Waals surface area contributed by atoms with Gasteiger partial charge in [0.25, 0.3) is 0 Å². The Morgan fingerprint density at radius 1 is 1.29 bits per heavy atom. The number of hydrogen-bond acceptors (Lipinski definition) is 6. The van der Waals surface area contributed by atoms with Crippen LogP contribution in [0.3, 0.4) is 0 Å². The second-order valence-corrected chi connectivity index (χ2v) is 7.16. The second-order valence-electron chi connectivity index (χ2n) is 5.19. The van der Waals surface area contributed by atoms with E-state index in [2.05, 4.69) is 20.8 Å². The number of nitrogens with one attached hydrogen (secondary N) is 1. The number of amides is 1. The number of benzene rings is 1. The molecule has 8 heteroatoms. The lowest BCUT2D eigenvalue weighted by Gasteiger charge is -2.13. The van der Waals surface area contributed by atoms with Crippen LogP contribution in [-0.2, 0) is 11.3 Å². The lowest BCUT2D eigenvalue weighted by molar-refractivity contribution is -0.119. The summed E-state index contributed by atoms with van der Waals surface area (Å²) in [5, 5.41) is 17.3. The van der Waals surface area contributed by atoms with E-state index in [0.29, 0.717) is 11.7 Å². The van der Waals surface area contributed by atoms with Crippen LogP contribution < -0.4 is 5.32 Å². The zero-order valence-corrected chi connectivity index (χ0v) is 14.8. The minimum Gasteiger partial charge on any atom is -0.349 e. The minimum absolute atomic E-state index is 0.0265. The monoisotopic (exact) mass is 359 g/mol. The molecule has 1 amide bonds. The largest absolute Gasteiger partial charge is 0.349 e. The lowest BCUT2D eigenvalue weighted by Crippen LogP contribution is -2.28. The lowest BCUT2D eigenvalue weighted by atomic mass is 10.1. The van der Waals surface area contributed by atoms with Gasteiger partial charge in [0.15, 0.2) is 0 Å². The predicted octanol–water partition coefficient (Wildman–Crippen LogP) is 2.75. The Morgan fingerprint density at radius 2 is 2.12 bits per heavy atom. The molecule has 1 atom stereocenters. The van der Waals surface area contributed by atoms with Crippen molar-refractivity contribution < 1.29 is 4.79 Å². The van der Waals surface area contributed by atoms with Crippen LogP contribution >= 0.6 is 23.1 Å². The van der Waals surface area contributed by atoms with E-state index in [9.17, 15) is 4.79 Å². The first-order valence-electron chi connectivity index (χ1n) is 7.48. The van der Waals surface area contributed by atoms with Gasteiger partial charge in [0.1, 0.15) is 0 Å². The van der Waals surface area contributed by atoms with E-state index < -0.39 is 0 Å². The zero-order chi connectivity index (χ0) is 16.8. The van der Waals surface area contributed by atoms with Gasteiger partial charge in [-0.1, -0.05) is 48.2 Å². The molecule has 0 spiro atoms. The van der Waals surface area contributed by atoms with Crippen molar-refractivity contribution in [3.63, 3.8) is 0 Å². The molecule has 1 aromatic carbocycles. The van der Waals surface area contributed by atoms with Crippen molar-refractivity contribution in [3.8, 4) is 0 Å². The number of thioether (sulfide) groups is 1. The molecule has 0 aliphatic rings. The highest BCUT2D eigenvalue weighted by Gasteiger charge is 2.13. The number of carbonyl (C=O) groups excluding carboxylic acids is 1. The summed E-state index contributed by atoms with van der Waals surface area (Å²) in [5.41, 5.74) is 1.08. The van der Waals surface area contributed by atoms with Gasteiger partial charge < -0.3 is 5.32 Å². The number of thiophene rings is 1. The molecule has 24 heavy (non-hydrogen) atoms. The van der Waals surface area contributed by atoms with Gasteiger partial charge in [-0.2, -0.15) is 0 Å². The Hall–Kier alpha value is -2.19. The quantitative estimate of drug-likeness (QED) is 0.657. The summed E-state index contributed by atoms with van der Waals surface area (Å²) in [5.74, 6) is 0.240. The van der Waals surface area contributed by atoms with Gasteiger partial charge in [0.05, 0.1) is 18.3 Å². The van der Waals surface area contributed by atoms with Crippen LogP contribution in [0.2, 0.25) is 0 Å². The smallest absolute Gasteiger partial charge is 0.230 e. The molecule has 0 fully saturated rings. The Balaban J connectivity index is 1.52. The van der Waals surface area contributed by atoms with E-state index in [1.54, 1.807) is 16.0 Å². The van der Waals surface area contributed by atoms with Crippen molar-refractivity contribution >= 4 is 29.0 Å². The molecule has 3 rings (SSSR count). The maximum atomic E-state index is 12.1. The molecule has 2 heterocycles. The molecule has 124 valence electrons. The molecule has 0 bridgehead atoms. The summed E-state index contributed by atoms with van der Waals surface area (Å²) in [7, 11) is 0. The number of rotatable bonds is 7. The summed E-state index contributed by atoms with van der Waals surface area (Å²) >= 11 is 3.00. The van der Waals surface area contributed by atoms with Gasteiger partial charge in [-0.15, -0.1) is 16.4 Å². The number of aromatic nitrogens is 4. The van der Waals surface area contributed by atoms with Gasteiger partial charge in [-0.25, -0.2) is 4.68 Å². The van der Waals surface area contributed by atoms with Crippen molar-refractivity contribution in [3.05, 3.63) is 58.3 Å². The maximum absolute atomic E-state index is 12.1. The second kappa shape index (κ2) is 8.07. The predicted molar refractivity (Wildman–Crippen MR) is 95.0 cm³/mol. The van der Waals surface area contributed by atoms with E-state index in [4.69, 9.17) is 0 Å². The molecule has 2 aromatic heterocycles. The average Bonchev–Trinajstić information content (AvgIpc) is 3.26. The molecular weight excluding hydrogens is 342 g/mol.